The molecule has 1 N–H and O–H groups in total. The highest BCUT2D eigenvalue weighted by molar-refractivity contribution is 7.92. The third-order valence-corrected chi connectivity index (χ3v) is 10.2. The van der Waals surface area contributed by atoms with Gasteiger partial charge in [0, 0.05) is 22.6 Å². The molecule has 0 saturated heterocycles. The number of benzene rings is 3. The van der Waals surface area contributed by atoms with Crippen molar-refractivity contribution in [1.29, 1.82) is 0 Å². The summed E-state index contributed by atoms with van der Waals surface area (Å²) in [5.41, 5.74) is 1.59. The molecule has 230 valence electrons. The molecule has 3 aromatic carbocycles. The Labute approximate surface area is 267 Å². The molecule has 1 atom stereocenters. The molecule has 1 fully saturated rings. The summed E-state index contributed by atoms with van der Waals surface area (Å²) in [6, 6.07) is 14.8. The second kappa shape index (κ2) is 14.2. The highest BCUT2D eigenvalue weighted by Crippen LogP contribution is 2.32. The monoisotopic (exact) mass is 665 g/mol. The van der Waals surface area contributed by atoms with Crippen molar-refractivity contribution in [3.63, 3.8) is 0 Å². The molecule has 4 rings (SSSR count). The van der Waals surface area contributed by atoms with Gasteiger partial charge in [0.1, 0.15) is 18.3 Å². The second-order valence-corrected chi connectivity index (χ2v) is 13.7. The van der Waals surface area contributed by atoms with Crippen molar-refractivity contribution in [2.24, 2.45) is 0 Å². The van der Waals surface area contributed by atoms with E-state index in [2.05, 4.69) is 5.32 Å². The first-order chi connectivity index (χ1) is 20.4. The highest BCUT2D eigenvalue weighted by Gasteiger charge is 2.34. The maximum absolute atomic E-state index is 14.1. The number of hydrogen-bond donors (Lipinski definition) is 1. The van der Waals surface area contributed by atoms with Crippen molar-refractivity contribution < 1.29 is 22.7 Å². The number of aryl methyl sites for hydroxylation is 1. The minimum atomic E-state index is -4.24. The number of carbonyl (C=O) groups excluding carboxylic acids is 2. The van der Waals surface area contributed by atoms with Gasteiger partial charge in [-0.2, -0.15) is 0 Å². The van der Waals surface area contributed by atoms with E-state index in [0.717, 1.165) is 35.6 Å². The van der Waals surface area contributed by atoms with Crippen LogP contribution in [0.3, 0.4) is 0 Å². The molecule has 2 amide bonds. The predicted molar refractivity (Wildman–Crippen MR) is 171 cm³/mol. The van der Waals surface area contributed by atoms with Gasteiger partial charge in [0.15, 0.2) is 0 Å². The number of nitrogens with one attached hydrogen (secondary N) is 1. The molecule has 8 nitrogen and oxygen atoms in total. The van der Waals surface area contributed by atoms with Crippen LogP contribution in [0.15, 0.2) is 65.6 Å². The van der Waals surface area contributed by atoms with Crippen LogP contribution in [0.1, 0.15) is 43.7 Å². The molecule has 1 unspecified atom stereocenters. The van der Waals surface area contributed by atoms with Gasteiger partial charge in [0.25, 0.3) is 10.0 Å². The normalized spacial score (nSPS) is 14.3. The van der Waals surface area contributed by atoms with Gasteiger partial charge in [-0.15, -0.1) is 0 Å². The predicted octanol–water partition coefficient (Wildman–Crippen LogP) is 6.64. The smallest absolute Gasteiger partial charge is 0.264 e. The Morgan fingerprint density at radius 3 is 2.26 bits per heavy atom. The highest BCUT2D eigenvalue weighted by atomic mass is 35.5. The van der Waals surface area contributed by atoms with Crippen LogP contribution in [0.25, 0.3) is 0 Å². The van der Waals surface area contributed by atoms with Crippen molar-refractivity contribution in [2.45, 2.75) is 63.1 Å². The van der Waals surface area contributed by atoms with Crippen LogP contribution < -0.4 is 14.4 Å². The van der Waals surface area contributed by atoms with Crippen LogP contribution in [0.5, 0.6) is 5.75 Å². The summed E-state index contributed by atoms with van der Waals surface area (Å²) in [6.07, 6.45) is 3.80. The van der Waals surface area contributed by atoms with Gasteiger partial charge >= 0.3 is 0 Å². The molecule has 0 spiro atoms. The quantitative estimate of drug-likeness (QED) is 0.248. The van der Waals surface area contributed by atoms with Crippen LogP contribution in [-0.4, -0.2) is 50.9 Å². The number of anilines is 1. The first-order valence-electron chi connectivity index (χ1n) is 13.9. The SMILES string of the molecule is COc1ccc(N(CC(=O)N(Cc2ccc(Cl)cc2Cl)C(C)C(=O)NC2CCCC2)S(=O)(=O)c2ccc(C)cc2)cc1Cl. The molecule has 3 aromatic rings. The fourth-order valence-electron chi connectivity index (χ4n) is 4.98. The number of ether oxygens (including phenoxy) is 1. The van der Waals surface area contributed by atoms with Crippen molar-refractivity contribution in [1.82, 2.24) is 10.2 Å². The van der Waals surface area contributed by atoms with E-state index < -0.39 is 28.5 Å². The van der Waals surface area contributed by atoms with E-state index in [9.17, 15) is 18.0 Å². The molecule has 1 aliphatic rings. The van der Waals surface area contributed by atoms with Gasteiger partial charge in [0.2, 0.25) is 11.8 Å². The maximum atomic E-state index is 14.1. The second-order valence-electron chi connectivity index (χ2n) is 10.6. The lowest BCUT2D eigenvalue weighted by Crippen LogP contribution is -2.52. The molecule has 0 aliphatic heterocycles. The zero-order chi connectivity index (χ0) is 31.3. The Morgan fingerprint density at radius 1 is 0.977 bits per heavy atom. The first kappa shape index (κ1) is 32.9. The molecular weight excluding hydrogens is 633 g/mol. The number of hydrogen-bond acceptors (Lipinski definition) is 5. The Kier molecular flexibility index (Phi) is 10.9. The Hall–Kier alpha value is -2.98. The van der Waals surface area contributed by atoms with E-state index in [1.165, 1.54) is 42.3 Å². The molecule has 43 heavy (non-hydrogen) atoms. The van der Waals surface area contributed by atoms with E-state index >= 15 is 0 Å². The summed E-state index contributed by atoms with van der Waals surface area (Å²) in [5, 5.41) is 3.95. The van der Waals surface area contributed by atoms with Crippen molar-refractivity contribution >= 4 is 62.3 Å². The summed E-state index contributed by atoms with van der Waals surface area (Å²) < 4.78 is 34.3. The summed E-state index contributed by atoms with van der Waals surface area (Å²) in [6.45, 7) is 2.81. The average molecular weight is 667 g/mol. The molecule has 12 heteroatoms. The molecule has 1 aliphatic carbocycles. The van der Waals surface area contributed by atoms with Crippen LogP contribution in [0.4, 0.5) is 5.69 Å². The van der Waals surface area contributed by atoms with Gasteiger partial charge in [-0.25, -0.2) is 8.42 Å². The van der Waals surface area contributed by atoms with Gasteiger partial charge in [-0.05, 0) is 74.7 Å². The van der Waals surface area contributed by atoms with Crippen molar-refractivity contribution in [2.75, 3.05) is 18.0 Å². The van der Waals surface area contributed by atoms with Crippen molar-refractivity contribution in [3.05, 3.63) is 86.9 Å². The summed E-state index contributed by atoms with van der Waals surface area (Å²) in [4.78, 5) is 28.9. The van der Waals surface area contributed by atoms with E-state index in [-0.39, 0.29) is 34.1 Å². The summed E-state index contributed by atoms with van der Waals surface area (Å²) >= 11 is 18.9. The largest absolute Gasteiger partial charge is 0.495 e. The zero-order valence-corrected chi connectivity index (χ0v) is 27.2. The number of carbonyl (C=O) groups is 2. The maximum Gasteiger partial charge on any atom is 0.264 e. The zero-order valence-electron chi connectivity index (χ0n) is 24.1. The number of amides is 2. The molecule has 0 aromatic heterocycles. The third kappa shape index (κ3) is 7.95. The minimum Gasteiger partial charge on any atom is -0.495 e. The molecule has 0 bridgehead atoms. The first-order valence-corrected chi connectivity index (χ1v) is 16.4. The van der Waals surface area contributed by atoms with Gasteiger partial charge < -0.3 is 15.0 Å². The number of nitrogens with zero attached hydrogens (tertiary/aromatic N) is 2. The van der Waals surface area contributed by atoms with E-state index in [0.29, 0.717) is 21.4 Å². The average Bonchev–Trinajstić information content (AvgIpc) is 3.48. The van der Waals surface area contributed by atoms with Crippen LogP contribution in [0, 0.1) is 6.92 Å². The van der Waals surface area contributed by atoms with E-state index in [1.54, 1.807) is 37.3 Å². The number of halogens is 3. The Morgan fingerprint density at radius 2 is 1.65 bits per heavy atom. The Balaban J connectivity index is 1.73. The van der Waals surface area contributed by atoms with Gasteiger partial charge in [-0.3, -0.25) is 13.9 Å². The molecule has 0 heterocycles. The van der Waals surface area contributed by atoms with Gasteiger partial charge in [-0.1, -0.05) is 71.4 Å². The Bertz CT molecular complexity index is 1580. The topological polar surface area (TPSA) is 96.0 Å². The number of sulfonamides is 1. The third-order valence-electron chi connectivity index (χ3n) is 7.54. The van der Waals surface area contributed by atoms with E-state index in [1.807, 2.05) is 6.92 Å². The van der Waals surface area contributed by atoms with E-state index in [4.69, 9.17) is 39.5 Å². The summed E-state index contributed by atoms with van der Waals surface area (Å²) in [5.74, 6) is -0.589. The van der Waals surface area contributed by atoms with Crippen LogP contribution >= 0.6 is 34.8 Å². The molecule has 0 radical (unpaired) electrons. The lowest BCUT2D eigenvalue weighted by atomic mass is 10.1. The summed E-state index contributed by atoms with van der Waals surface area (Å²) in [7, 11) is -2.80. The minimum absolute atomic E-state index is 0.00263. The fraction of sp³-hybridized carbons (Fsp3) is 0.355. The lowest BCUT2D eigenvalue weighted by Gasteiger charge is -2.32. The van der Waals surface area contributed by atoms with Crippen LogP contribution in [-0.2, 0) is 26.2 Å². The van der Waals surface area contributed by atoms with Crippen molar-refractivity contribution in [3.8, 4) is 5.75 Å². The fourth-order valence-corrected chi connectivity index (χ4v) is 7.11. The number of rotatable bonds is 11. The standard InChI is InChI=1S/C31H34Cl3N3O5S/c1-20-8-13-26(14-9-20)43(40,41)37(25-12-15-29(42-3)28(34)17-25)19-30(38)36(18-22-10-11-23(32)16-27(22)33)21(2)31(39)35-24-6-4-5-7-24/h8-17,21,24H,4-7,18-19H2,1-3H3,(H,35,39). The number of methoxy groups -OCH3 is 1. The van der Waals surface area contributed by atoms with Gasteiger partial charge in [0.05, 0.1) is 22.7 Å². The van der Waals surface area contributed by atoms with Crippen LogP contribution in [0.2, 0.25) is 15.1 Å². The molecular formula is C31H34Cl3N3O5S. The molecule has 1 saturated carbocycles. The lowest BCUT2D eigenvalue weighted by molar-refractivity contribution is -0.139.